The second-order valence-corrected chi connectivity index (χ2v) is 7.71. The summed E-state index contributed by atoms with van der Waals surface area (Å²) in [6.07, 6.45) is 8.58. The van der Waals surface area contributed by atoms with Gasteiger partial charge in [0.2, 0.25) is 5.88 Å². The van der Waals surface area contributed by atoms with Crippen LogP contribution in [0.1, 0.15) is 50.2 Å². The molecule has 2 aromatic rings. The summed E-state index contributed by atoms with van der Waals surface area (Å²) in [4.78, 5) is 4.37. The molecule has 3 N–H and O–H groups in total. The Morgan fingerprint density at radius 2 is 2.00 bits per heavy atom. The monoisotopic (exact) mass is 338 g/mol. The number of rotatable bonds is 3. The summed E-state index contributed by atoms with van der Waals surface area (Å²) in [6, 6.07) is 8.31. The van der Waals surface area contributed by atoms with Crippen molar-refractivity contribution in [3.63, 3.8) is 0 Å². The fourth-order valence-electron chi connectivity index (χ4n) is 4.09. The third-order valence-electron chi connectivity index (χ3n) is 5.67. The summed E-state index contributed by atoms with van der Waals surface area (Å²) in [5, 5.41) is 10.1. The number of nitrogens with zero attached hydrogens (tertiary/aromatic N) is 1. The lowest BCUT2D eigenvalue weighted by Crippen LogP contribution is -2.34. The van der Waals surface area contributed by atoms with E-state index < -0.39 is 5.60 Å². The maximum absolute atomic E-state index is 10.1. The first-order valence-electron chi connectivity index (χ1n) is 9.27. The highest BCUT2D eigenvalue weighted by atomic mass is 16.5. The van der Waals surface area contributed by atoms with E-state index in [0.717, 1.165) is 55.3 Å². The Labute approximate surface area is 149 Å². The van der Waals surface area contributed by atoms with Crippen LogP contribution in [0.25, 0.3) is 11.1 Å². The number of nitrogen functional groups attached to an aromatic ring is 1. The molecular formula is C21H26N2O2. The fourth-order valence-corrected chi connectivity index (χ4v) is 4.09. The molecule has 0 radical (unpaired) electrons. The van der Waals surface area contributed by atoms with Gasteiger partial charge in [0.05, 0.1) is 5.60 Å². The number of aryl methyl sites for hydroxylation is 1. The molecule has 4 nitrogen and oxygen atoms in total. The van der Waals surface area contributed by atoms with Crippen molar-refractivity contribution in [1.82, 2.24) is 4.98 Å². The third kappa shape index (κ3) is 3.36. The maximum Gasteiger partial charge on any atom is 0.214 e. The predicted molar refractivity (Wildman–Crippen MR) is 99.6 cm³/mol. The zero-order chi connectivity index (χ0) is 17.4. The zero-order valence-electron chi connectivity index (χ0n) is 14.8. The van der Waals surface area contributed by atoms with E-state index in [0.29, 0.717) is 5.88 Å². The van der Waals surface area contributed by atoms with Gasteiger partial charge in [-0.15, -0.1) is 0 Å². The van der Waals surface area contributed by atoms with E-state index in [-0.39, 0.29) is 6.10 Å². The summed E-state index contributed by atoms with van der Waals surface area (Å²) in [6.45, 7) is 1.90. The van der Waals surface area contributed by atoms with Gasteiger partial charge in [0.1, 0.15) is 6.10 Å². The first kappa shape index (κ1) is 16.4. The normalized spacial score (nSPS) is 25.6. The van der Waals surface area contributed by atoms with Crippen molar-refractivity contribution in [3.8, 4) is 17.0 Å². The largest absolute Gasteiger partial charge is 0.474 e. The molecule has 1 saturated carbocycles. The minimum atomic E-state index is -0.548. The van der Waals surface area contributed by atoms with Gasteiger partial charge in [-0.1, -0.05) is 12.1 Å². The van der Waals surface area contributed by atoms with Crippen molar-refractivity contribution in [2.75, 3.05) is 5.73 Å². The van der Waals surface area contributed by atoms with Crippen molar-refractivity contribution >= 4 is 5.69 Å². The van der Waals surface area contributed by atoms with Gasteiger partial charge in [-0.25, -0.2) is 4.98 Å². The molecule has 0 atom stereocenters. The van der Waals surface area contributed by atoms with Crippen molar-refractivity contribution in [2.24, 2.45) is 0 Å². The molecule has 0 amide bonds. The minimum Gasteiger partial charge on any atom is -0.474 e. The molecule has 0 unspecified atom stereocenters. The number of fused-ring (bicyclic) bond motifs is 1. The van der Waals surface area contributed by atoms with Crippen LogP contribution < -0.4 is 10.5 Å². The molecule has 0 bridgehead atoms. The Hall–Kier alpha value is -2.07. The number of hydrogen-bond donors (Lipinski definition) is 2. The highest BCUT2D eigenvalue weighted by Gasteiger charge is 2.29. The van der Waals surface area contributed by atoms with Crippen LogP contribution in [0.15, 0.2) is 30.5 Å². The quantitative estimate of drug-likeness (QED) is 0.833. The summed E-state index contributed by atoms with van der Waals surface area (Å²) in [7, 11) is 0. The van der Waals surface area contributed by atoms with E-state index in [1.54, 1.807) is 6.20 Å². The van der Waals surface area contributed by atoms with Crippen LogP contribution in [0.4, 0.5) is 5.69 Å². The van der Waals surface area contributed by atoms with E-state index in [4.69, 9.17) is 10.5 Å². The van der Waals surface area contributed by atoms with E-state index in [1.165, 1.54) is 17.5 Å². The molecule has 0 aliphatic heterocycles. The van der Waals surface area contributed by atoms with E-state index in [1.807, 2.05) is 19.1 Å². The van der Waals surface area contributed by atoms with E-state index >= 15 is 0 Å². The van der Waals surface area contributed by atoms with Gasteiger partial charge < -0.3 is 15.6 Å². The van der Waals surface area contributed by atoms with Gasteiger partial charge >= 0.3 is 0 Å². The van der Waals surface area contributed by atoms with Crippen molar-refractivity contribution < 1.29 is 9.84 Å². The Bertz CT molecular complexity index is 775. The van der Waals surface area contributed by atoms with Crippen LogP contribution in [0.2, 0.25) is 0 Å². The van der Waals surface area contributed by atoms with Gasteiger partial charge in [0.25, 0.3) is 0 Å². The van der Waals surface area contributed by atoms with Crippen molar-refractivity contribution in [1.29, 1.82) is 0 Å². The van der Waals surface area contributed by atoms with E-state index in [9.17, 15) is 5.11 Å². The Morgan fingerprint density at radius 3 is 2.80 bits per heavy atom. The lowest BCUT2D eigenvalue weighted by molar-refractivity contribution is -0.0117. The second-order valence-electron chi connectivity index (χ2n) is 7.71. The van der Waals surface area contributed by atoms with E-state index in [2.05, 4.69) is 17.1 Å². The number of aliphatic hydroxyl groups is 1. The molecule has 25 heavy (non-hydrogen) atoms. The lowest BCUT2D eigenvalue weighted by Gasteiger charge is -2.32. The van der Waals surface area contributed by atoms with Crippen LogP contribution >= 0.6 is 0 Å². The highest BCUT2D eigenvalue weighted by molar-refractivity contribution is 5.80. The molecule has 2 aliphatic rings. The first-order valence-corrected chi connectivity index (χ1v) is 9.27. The predicted octanol–water partition coefficient (Wildman–Crippen LogP) is 3.89. The van der Waals surface area contributed by atoms with Crippen LogP contribution in [0.3, 0.4) is 0 Å². The minimum absolute atomic E-state index is 0.125. The average Bonchev–Trinajstić information content (AvgIpc) is 3.07. The van der Waals surface area contributed by atoms with Gasteiger partial charge in [-0.3, -0.25) is 0 Å². The number of hydrogen-bond acceptors (Lipinski definition) is 4. The SMILES string of the molecule is C[C@]1(O)CC[C@@H](Oc2cc(-c3ccc4c(c3N)CCC4)ccn2)CC1. The molecule has 1 aromatic carbocycles. The van der Waals surface area contributed by atoms with Crippen LogP contribution in [-0.2, 0) is 12.8 Å². The van der Waals surface area contributed by atoms with Gasteiger partial charge in [-0.2, -0.15) is 0 Å². The molecule has 1 heterocycles. The van der Waals surface area contributed by atoms with Gasteiger partial charge in [-0.05, 0) is 74.6 Å². The second kappa shape index (κ2) is 6.34. The number of nitrogens with two attached hydrogens (primary N) is 1. The van der Waals surface area contributed by atoms with Crippen LogP contribution in [0, 0.1) is 0 Å². The average molecular weight is 338 g/mol. The van der Waals surface area contributed by atoms with Crippen molar-refractivity contribution in [3.05, 3.63) is 41.6 Å². The molecule has 2 aliphatic carbocycles. The first-order chi connectivity index (χ1) is 12.0. The Morgan fingerprint density at radius 1 is 1.20 bits per heavy atom. The molecular weight excluding hydrogens is 312 g/mol. The maximum atomic E-state index is 10.1. The number of aromatic nitrogens is 1. The smallest absolute Gasteiger partial charge is 0.214 e. The fraction of sp³-hybridized carbons (Fsp3) is 0.476. The summed E-state index contributed by atoms with van der Waals surface area (Å²) in [5.74, 6) is 0.643. The molecule has 4 heteroatoms. The van der Waals surface area contributed by atoms with Crippen LogP contribution in [0.5, 0.6) is 5.88 Å². The molecule has 4 rings (SSSR count). The summed E-state index contributed by atoms with van der Waals surface area (Å²) in [5.41, 5.74) is 11.6. The lowest BCUT2D eigenvalue weighted by atomic mass is 9.85. The van der Waals surface area contributed by atoms with Gasteiger partial charge in [0, 0.05) is 23.5 Å². The zero-order valence-corrected chi connectivity index (χ0v) is 14.8. The molecule has 1 fully saturated rings. The Kier molecular flexibility index (Phi) is 4.16. The highest BCUT2D eigenvalue weighted by Crippen LogP contribution is 2.36. The van der Waals surface area contributed by atoms with Gasteiger partial charge in [0.15, 0.2) is 0 Å². The number of ether oxygens (including phenoxy) is 1. The number of pyridine rings is 1. The standard InChI is InChI=1S/C21H26N2O2/c1-21(24)10-7-16(8-11-21)25-19-13-15(9-12-23-19)18-6-5-14-3-2-4-17(14)20(18)22/h5-6,9,12-13,16,24H,2-4,7-8,10-11,22H2,1H3/t16-,21+. The number of benzene rings is 1. The Balaban J connectivity index is 1.54. The summed E-state index contributed by atoms with van der Waals surface area (Å²) >= 11 is 0. The third-order valence-corrected chi connectivity index (χ3v) is 5.67. The topological polar surface area (TPSA) is 68.4 Å². The molecule has 132 valence electrons. The van der Waals surface area contributed by atoms with Crippen LogP contribution in [-0.4, -0.2) is 21.8 Å². The summed E-state index contributed by atoms with van der Waals surface area (Å²) < 4.78 is 6.08. The van der Waals surface area contributed by atoms with Crippen molar-refractivity contribution in [2.45, 2.75) is 63.6 Å². The molecule has 0 spiro atoms. The molecule has 1 aromatic heterocycles. The molecule has 0 saturated heterocycles. The number of anilines is 1.